The van der Waals surface area contributed by atoms with Crippen LogP contribution in [-0.4, -0.2) is 45.8 Å². The minimum atomic E-state index is 0.200. The standard InChI is InChI=1S/C21H28N2O2/c1-15-5-7-16(8-6-15)21-18-14-20(25-12-11-23(2)3)19(24-4)13-17(18)9-10-22-21/h5-8,13-14,21-22H,9-12H2,1-4H3. The van der Waals surface area contributed by atoms with E-state index >= 15 is 0 Å². The van der Waals surface area contributed by atoms with Crippen LogP contribution >= 0.6 is 0 Å². The van der Waals surface area contributed by atoms with Gasteiger partial charge in [-0.05, 0) is 56.3 Å². The van der Waals surface area contributed by atoms with Gasteiger partial charge in [-0.1, -0.05) is 29.8 Å². The molecule has 0 spiro atoms. The van der Waals surface area contributed by atoms with Crippen molar-refractivity contribution in [1.29, 1.82) is 0 Å². The molecule has 0 aliphatic carbocycles. The van der Waals surface area contributed by atoms with Crippen LogP contribution in [0.4, 0.5) is 0 Å². The molecule has 1 atom stereocenters. The van der Waals surface area contributed by atoms with Gasteiger partial charge in [-0.15, -0.1) is 0 Å². The largest absolute Gasteiger partial charge is 0.493 e. The number of fused-ring (bicyclic) bond motifs is 1. The van der Waals surface area contributed by atoms with Crippen LogP contribution < -0.4 is 14.8 Å². The van der Waals surface area contributed by atoms with E-state index in [1.807, 2.05) is 14.1 Å². The first-order chi connectivity index (χ1) is 12.1. The topological polar surface area (TPSA) is 33.7 Å². The van der Waals surface area contributed by atoms with Crippen LogP contribution in [0.15, 0.2) is 36.4 Å². The molecule has 1 unspecified atom stereocenters. The molecule has 2 aromatic carbocycles. The van der Waals surface area contributed by atoms with E-state index in [9.17, 15) is 0 Å². The number of nitrogens with zero attached hydrogens (tertiary/aromatic N) is 1. The number of nitrogens with one attached hydrogen (secondary N) is 1. The Hall–Kier alpha value is -2.04. The molecular weight excluding hydrogens is 312 g/mol. The molecule has 1 heterocycles. The van der Waals surface area contributed by atoms with Gasteiger partial charge in [-0.25, -0.2) is 0 Å². The zero-order valence-electron chi connectivity index (χ0n) is 15.6. The summed E-state index contributed by atoms with van der Waals surface area (Å²) in [6.07, 6.45) is 1.01. The summed E-state index contributed by atoms with van der Waals surface area (Å²) >= 11 is 0. The fraction of sp³-hybridized carbons (Fsp3) is 0.429. The second-order valence-electron chi connectivity index (χ2n) is 6.90. The number of methoxy groups -OCH3 is 1. The maximum Gasteiger partial charge on any atom is 0.161 e. The van der Waals surface area contributed by atoms with Gasteiger partial charge in [0.2, 0.25) is 0 Å². The Kier molecular flexibility index (Phi) is 5.61. The summed E-state index contributed by atoms with van der Waals surface area (Å²) in [7, 11) is 5.80. The van der Waals surface area contributed by atoms with E-state index in [2.05, 4.69) is 53.5 Å². The number of likely N-dealkylation sites (N-methyl/N-ethyl adjacent to an activating group) is 1. The van der Waals surface area contributed by atoms with Crippen LogP contribution in [0, 0.1) is 6.92 Å². The van der Waals surface area contributed by atoms with Crippen molar-refractivity contribution in [3.63, 3.8) is 0 Å². The van der Waals surface area contributed by atoms with Gasteiger partial charge in [0.15, 0.2) is 11.5 Å². The quantitative estimate of drug-likeness (QED) is 0.876. The number of hydrogen-bond acceptors (Lipinski definition) is 4. The predicted octanol–water partition coefficient (Wildman–Crippen LogP) is 3.18. The Labute approximate surface area is 150 Å². The van der Waals surface area contributed by atoms with Gasteiger partial charge in [0, 0.05) is 13.1 Å². The van der Waals surface area contributed by atoms with E-state index in [0.29, 0.717) is 6.61 Å². The van der Waals surface area contributed by atoms with E-state index in [1.165, 1.54) is 22.3 Å². The smallest absolute Gasteiger partial charge is 0.161 e. The summed E-state index contributed by atoms with van der Waals surface area (Å²) in [6.45, 7) is 4.60. The van der Waals surface area contributed by atoms with Crippen LogP contribution in [0.3, 0.4) is 0 Å². The highest BCUT2D eigenvalue weighted by Crippen LogP contribution is 2.37. The zero-order valence-corrected chi connectivity index (χ0v) is 15.6. The van der Waals surface area contributed by atoms with E-state index < -0.39 is 0 Å². The van der Waals surface area contributed by atoms with Gasteiger partial charge in [-0.2, -0.15) is 0 Å². The van der Waals surface area contributed by atoms with Gasteiger partial charge in [0.05, 0.1) is 13.2 Å². The highest BCUT2D eigenvalue weighted by molar-refractivity contribution is 5.51. The number of hydrogen-bond donors (Lipinski definition) is 1. The third kappa shape index (κ3) is 4.14. The Morgan fingerprint density at radius 2 is 1.88 bits per heavy atom. The van der Waals surface area contributed by atoms with E-state index in [-0.39, 0.29) is 6.04 Å². The van der Waals surface area contributed by atoms with Crippen molar-refractivity contribution in [1.82, 2.24) is 10.2 Å². The molecule has 25 heavy (non-hydrogen) atoms. The SMILES string of the molecule is COc1cc2c(cc1OCCN(C)C)C(c1ccc(C)cc1)NCC2. The molecule has 3 rings (SSSR count). The third-order valence-electron chi connectivity index (χ3n) is 4.69. The lowest BCUT2D eigenvalue weighted by Crippen LogP contribution is -2.30. The maximum absolute atomic E-state index is 6.01. The number of aryl methyl sites for hydroxylation is 1. The lowest BCUT2D eigenvalue weighted by molar-refractivity contribution is 0.250. The first kappa shape index (κ1) is 17.8. The molecule has 0 saturated carbocycles. The Morgan fingerprint density at radius 3 is 2.56 bits per heavy atom. The highest BCUT2D eigenvalue weighted by atomic mass is 16.5. The zero-order chi connectivity index (χ0) is 17.8. The summed E-state index contributed by atoms with van der Waals surface area (Å²) in [4.78, 5) is 2.11. The van der Waals surface area contributed by atoms with Crippen LogP contribution in [0.1, 0.15) is 28.3 Å². The molecule has 0 aromatic heterocycles. The molecular formula is C21H28N2O2. The molecule has 4 heteroatoms. The second kappa shape index (κ2) is 7.89. The number of rotatable bonds is 6. The van der Waals surface area contributed by atoms with Crippen LogP contribution in [0.25, 0.3) is 0 Å². The lowest BCUT2D eigenvalue weighted by Gasteiger charge is -2.29. The molecule has 0 bridgehead atoms. The molecule has 1 aliphatic heterocycles. The summed E-state index contributed by atoms with van der Waals surface area (Å²) < 4.78 is 11.6. The first-order valence-electron chi connectivity index (χ1n) is 8.87. The highest BCUT2D eigenvalue weighted by Gasteiger charge is 2.24. The van der Waals surface area contributed by atoms with Crippen molar-refractivity contribution in [2.24, 2.45) is 0 Å². The molecule has 0 amide bonds. The van der Waals surface area contributed by atoms with Gasteiger partial charge >= 0.3 is 0 Å². The van der Waals surface area contributed by atoms with Crippen LogP contribution in [0.5, 0.6) is 11.5 Å². The Bertz CT molecular complexity index is 711. The molecule has 2 aromatic rings. The van der Waals surface area contributed by atoms with E-state index in [1.54, 1.807) is 7.11 Å². The maximum atomic E-state index is 6.01. The van der Waals surface area contributed by atoms with Crippen molar-refractivity contribution in [3.05, 3.63) is 58.7 Å². The molecule has 0 saturated heterocycles. The second-order valence-corrected chi connectivity index (χ2v) is 6.90. The average molecular weight is 340 g/mol. The average Bonchev–Trinajstić information content (AvgIpc) is 2.61. The molecule has 0 fully saturated rings. The number of ether oxygens (including phenoxy) is 2. The van der Waals surface area contributed by atoms with E-state index in [4.69, 9.17) is 9.47 Å². The third-order valence-corrected chi connectivity index (χ3v) is 4.69. The van der Waals surface area contributed by atoms with Crippen LogP contribution in [0.2, 0.25) is 0 Å². The molecule has 4 nitrogen and oxygen atoms in total. The predicted molar refractivity (Wildman–Crippen MR) is 102 cm³/mol. The molecule has 1 N–H and O–H groups in total. The fourth-order valence-corrected chi connectivity index (χ4v) is 3.23. The first-order valence-corrected chi connectivity index (χ1v) is 8.87. The van der Waals surface area contributed by atoms with Gasteiger partial charge in [-0.3, -0.25) is 0 Å². The van der Waals surface area contributed by atoms with Crippen molar-refractivity contribution in [3.8, 4) is 11.5 Å². The van der Waals surface area contributed by atoms with Crippen molar-refractivity contribution < 1.29 is 9.47 Å². The molecule has 1 aliphatic rings. The Morgan fingerprint density at radius 1 is 1.12 bits per heavy atom. The van der Waals surface area contributed by atoms with Gasteiger partial charge in [0.25, 0.3) is 0 Å². The van der Waals surface area contributed by atoms with Gasteiger partial charge < -0.3 is 19.7 Å². The van der Waals surface area contributed by atoms with Crippen molar-refractivity contribution in [2.75, 3.05) is 40.9 Å². The van der Waals surface area contributed by atoms with Gasteiger partial charge in [0.1, 0.15) is 6.61 Å². The monoisotopic (exact) mass is 340 g/mol. The summed E-state index contributed by atoms with van der Waals surface area (Å²) in [5.41, 5.74) is 5.19. The molecule has 0 radical (unpaired) electrons. The van der Waals surface area contributed by atoms with E-state index in [0.717, 1.165) is 31.0 Å². The van der Waals surface area contributed by atoms with Crippen LogP contribution in [-0.2, 0) is 6.42 Å². The summed E-state index contributed by atoms with van der Waals surface area (Å²) in [5.74, 6) is 1.64. The normalized spacial score (nSPS) is 16.6. The summed E-state index contributed by atoms with van der Waals surface area (Å²) in [5, 5.41) is 3.65. The summed E-state index contributed by atoms with van der Waals surface area (Å²) in [6, 6.07) is 13.2. The minimum Gasteiger partial charge on any atom is -0.493 e. The van der Waals surface area contributed by atoms with Crippen molar-refractivity contribution in [2.45, 2.75) is 19.4 Å². The molecule has 134 valence electrons. The minimum absolute atomic E-state index is 0.200. The number of benzene rings is 2. The Balaban J connectivity index is 1.92. The fourth-order valence-electron chi connectivity index (χ4n) is 3.23. The van der Waals surface area contributed by atoms with Crippen molar-refractivity contribution >= 4 is 0 Å². The lowest BCUT2D eigenvalue weighted by atomic mass is 9.89.